The summed E-state index contributed by atoms with van der Waals surface area (Å²) in [6.45, 7) is 8.32. The van der Waals surface area contributed by atoms with Crippen LogP contribution in [0.2, 0.25) is 0 Å². The summed E-state index contributed by atoms with van der Waals surface area (Å²) in [7, 11) is 2.16. The molecule has 0 aromatic heterocycles. The number of aryl methyl sites for hydroxylation is 2. The van der Waals surface area contributed by atoms with Gasteiger partial charge in [-0.1, -0.05) is 6.07 Å². The Morgan fingerprint density at radius 3 is 2.80 bits per heavy atom. The maximum Gasteiger partial charge on any atom is 0.124 e. The molecular formula is C13H19NO. The number of hydrogen-bond donors (Lipinski definition) is 0. The Balaban J connectivity index is 2.53. The minimum Gasteiger partial charge on any atom is -0.492 e. The van der Waals surface area contributed by atoms with Gasteiger partial charge in [-0.3, -0.25) is 4.90 Å². The number of likely N-dealkylation sites (N-methyl/N-ethyl adjacent to an activating group) is 1. The van der Waals surface area contributed by atoms with Crippen LogP contribution < -0.4 is 4.74 Å². The molecule has 0 saturated heterocycles. The molecule has 1 atom stereocenters. The van der Waals surface area contributed by atoms with Gasteiger partial charge in [-0.2, -0.15) is 0 Å². The van der Waals surface area contributed by atoms with Crippen LogP contribution in [-0.2, 0) is 0 Å². The predicted molar refractivity (Wildman–Crippen MR) is 62.5 cm³/mol. The summed E-state index contributed by atoms with van der Waals surface area (Å²) < 4.78 is 5.81. The fourth-order valence-electron chi connectivity index (χ4n) is 2.31. The van der Waals surface area contributed by atoms with Crippen LogP contribution in [0.4, 0.5) is 0 Å². The number of hydrogen-bond acceptors (Lipinski definition) is 2. The number of nitrogens with zero attached hydrogens (tertiary/aromatic N) is 1. The smallest absolute Gasteiger partial charge is 0.124 e. The molecule has 15 heavy (non-hydrogen) atoms. The summed E-state index contributed by atoms with van der Waals surface area (Å²) in [5.41, 5.74) is 3.97. The first kappa shape index (κ1) is 10.5. The van der Waals surface area contributed by atoms with Crippen molar-refractivity contribution in [1.29, 1.82) is 0 Å². The molecule has 1 aromatic carbocycles. The van der Waals surface area contributed by atoms with Gasteiger partial charge in [0.1, 0.15) is 12.4 Å². The van der Waals surface area contributed by atoms with Gasteiger partial charge < -0.3 is 4.74 Å². The van der Waals surface area contributed by atoms with Crippen LogP contribution in [0.5, 0.6) is 5.75 Å². The molecule has 2 heteroatoms. The molecule has 1 aromatic rings. The van der Waals surface area contributed by atoms with Crippen molar-refractivity contribution in [2.75, 3.05) is 20.2 Å². The third-order valence-electron chi connectivity index (χ3n) is 3.27. The van der Waals surface area contributed by atoms with E-state index in [1.54, 1.807) is 0 Å². The van der Waals surface area contributed by atoms with Crippen LogP contribution in [0.25, 0.3) is 0 Å². The highest BCUT2D eigenvalue weighted by Gasteiger charge is 2.21. The summed E-state index contributed by atoms with van der Waals surface area (Å²) in [4.78, 5) is 2.34. The molecule has 1 heterocycles. The molecule has 2 rings (SSSR count). The fraction of sp³-hybridized carbons (Fsp3) is 0.538. The normalized spacial score (nSPS) is 21.7. The first-order valence-corrected chi connectivity index (χ1v) is 5.54. The van der Waals surface area contributed by atoms with E-state index in [-0.39, 0.29) is 0 Å². The molecule has 0 saturated carbocycles. The molecule has 2 nitrogen and oxygen atoms in total. The Labute approximate surface area is 91.9 Å². The molecule has 0 N–H and O–H groups in total. The minimum atomic E-state index is 0.447. The van der Waals surface area contributed by atoms with E-state index in [0.717, 1.165) is 18.9 Å². The Morgan fingerprint density at radius 1 is 1.33 bits per heavy atom. The average Bonchev–Trinajstić information content (AvgIpc) is 2.27. The molecule has 0 aliphatic carbocycles. The highest BCUT2D eigenvalue weighted by atomic mass is 16.5. The second kappa shape index (κ2) is 3.86. The molecule has 0 radical (unpaired) electrons. The molecule has 0 bridgehead atoms. The lowest BCUT2D eigenvalue weighted by atomic mass is 9.98. The summed E-state index contributed by atoms with van der Waals surface area (Å²) in [6, 6.07) is 4.83. The maximum atomic E-state index is 5.81. The number of ether oxygens (including phenoxy) is 1. The van der Waals surface area contributed by atoms with Crippen molar-refractivity contribution in [2.24, 2.45) is 0 Å². The minimum absolute atomic E-state index is 0.447. The summed E-state index contributed by atoms with van der Waals surface area (Å²) in [5, 5.41) is 0. The molecule has 1 aliphatic rings. The zero-order chi connectivity index (χ0) is 11.0. The van der Waals surface area contributed by atoms with Crippen LogP contribution in [0.15, 0.2) is 12.1 Å². The number of rotatable bonds is 0. The third kappa shape index (κ3) is 1.86. The fourth-order valence-corrected chi connectivity index (χ4v) is 2.31. The van der Waals surface area contributed by atoms with E-state index in [9.17, 15) is 0 Å². The summed E-state index contributed by atoms with van der Waals surface area (Å²) in [5.74, 6) is 1.07. The van der Waals surface area contributed by atoms with Crippen molar-refractivity contribution in [3.05, 3.63) is 28.8 Å². The van der Waals surface area contributed by atoms with Crippen molar-refractivity contribution in [1.82, 2.24) is 4.90 Å². The highest BCUT2D eigenvalue weighted by Crippen LogP contribution is 2.34. The van der Waals surface area contributed by atoms with Crippen molar-refractivity contribution >= 4 is 0 Å². The van der Waals surface area contributed by atoms with Gasteiger partial charge >= 0.3 is 0 Å². The molecular weight excluding hydrogens is 186 g/mol. The van der Waals surface area contributed by atoms with Gasteiger partial charge in [-0.25, -0.2) is 0 Å². The van der Waals surface area contributed by atoms with Gasteiger partial charge in [0.2, 0.25) is 0 Å². The van der Waals surface area contributed by atoms with E-state index >= 15 is 0 Å². The maximum absolute atomic E-state index is 5.81. The van der Waals surface area contributed by atoms with Gasteiger partial charge in [0.15, 0.2) is 0 Å². The quantitative estimate of drug-likeness (QED) is 0.645. The molecule has 1 unspecified atom stereocenters. The van der Waals surface area contributed by atoms with Gasteiger partial charge in [0.05, 0.1) is 0 Å². The predicted octanol–water partition coefficient (Wildman–Crippen LogP) is 2.69. The number of fused-ring (bicyclic) bond motifs is 1. The molecule has 0 fully saturated rings. The van der Waals surface area contributed by atoms with Crippen molar-refractivity contribution in [2.45, 2.75) is 26.8 Å². The van der Waals surface area contributed by atoms with E-state index in [4.69, 9.17) is 4.74 Å². The van der Waals surface area contributed by atoms with Gasteiger partial charge in [0.25, 0.3) is 0 Å². The Bertz CT molecular complexity index is 373. The molecule has 0 spiro atoms. The molecule has 0 amide bonds. The molecule has 1 aliphatic heterocycles. The van der Waals surface area contributed by atoms with Crippen LogP contribution in [0, 0.1) is 13.8 Å². The van der Waals surface area contributed by atoms with Crippen molar-refractivity contribution in [3.63, 3.8) is 0 Å². The van der Waals surface area contributed by atoms with Gasteiger partial charge in [-0.15, -0.1) is 0 Å². The van der Waals surface area contributed by atoms with Crippen LogP contribution in [-0.4, -0.2) is 25.1 Å². The summed E-state index contributed by atoms with van der Waals surface area (Å²) in [6.07, 6.45) is 0. The second-order valence-electron chi connectivity index (χ2n) is 4.50. The Hall–Kier alpha value is -1.02. The zero-order valence-electron chi connectivity index (χ0n) is 10.0. The lowest BCUT2D eigenvalue weighted by Gasteiger charge is -2.23. The Kier molecular flexibility index (Phi) is 2.70. The SMILES string of the molecule is Cc1cc(C)c2c(c1)OCCN(C)C2C. The lowest BCUT2D eigenvalue weighted by molar-refractivity contribution is 0.229. The second-order valence-corrected chi connectivity index (χ2v) is 4.50. The van der Waals surface area contributed by atoms with Crippen LogP contribution >= 0.6 is 0 Å². The van der Waals surface area contributed by atoms with Gasteiger partial charge in [0, 0.05) is 18.2 Å². The first-order valence-electron chi connectivity index (χ1n) is 5.54. The summed E-state index contributed by atoms with van der Waals surface area (Å²) >= 11 is 0. The molecule has 82 valence electrons. The van der Waals surface area contributed by atoms with Crippen molar-refractivity contribution < 1.29 is 4.74 Å². The largest absolute Gasteiger partial charge is 0.492 e. The standard InChI is InChI=1S/C13H19NO/c1-9-7-10(2)13-11(3)14(4)5-6-15-12(13)8-9/h7-8,11H,5-6H2,1-4H3. The number of benzene rings is 1. The van der Waals surface area contributed by atoms with Crippen LogP contribution in [0.1, 0.15) is 29.7 Å². The van der Waals surface area contributed by atoms with E-state index in [1.807, 2.05) is 0 Å². The zero-order valence-corrected chi connectivity index (χ0v) is 10.0. The lowest BCUT2D eigenvalue weighted by Crippen LogP contribution is -2.24. The van der Waals surface area contributed by atoms with E-state index in [1.165, 1.54) is 16.7 Å². The van der Waals surface area contributed by atoms with Gasteiger partial charge in [-0.05, 0) is 45.0 Å². The Morgan fingerprint density at radius 2 is 2.07 bits per heavy atom. The van der Waals surface area contributed by atoms with E-state index < -0.39 is 0 Å². The van der Waals surface area contributed by atoms with E-state index in [0.29, 0.717) is 6.04 Å². The van der Waals surface area contributed by atoms with Crippen LogP contribution in [0.3, 0.4) is 0 Å². The average molecular weight is 205 g/mol. The third-order valence-corrected chi connectivity index (χ3v) is 3.27. The monoisotopic (exact) mass is 205 g/mol. The van der Waals surface area contributed by atoms with Crippen molar-refractivity contribution in [3.8, 4) is 5.75 Å². The topological polar surface area (TPSA) is 12.5 Å². The highest BCUT2D eigenvalue weighted by molar-refractivity contribution is 5.45. The first-order chi connectivity index (χ1) is 7.09. The van der Waals surface area contributed by atoms with E-state index in [2.05, 4.69) is 44.9 Å².